The monoisotopic (exact) mass is 638 g/mol. The van der Waals surface area contributed by atoms with Gasteiger partial charge in [0, 0.05) is 25.4 Å². The Morgan fingerprint density at radius 1 is 0.830 bits per heavy atom. The van der Waals surface area contributed by atoms with Gasteiger partial charge < -0.3 is 28.7 Å². The predicted octanol–water partition coefficient (Wildman–Crippen LogP) is 8.20. The van der Waals surface area contributed by atoms with Gasteiger partial charge in [-0.3, -0.25) is 0 Å². The van der Waals surface area contributed by atoms with Crippen molar-refractivity contribution in [2.24, 2.45) is 0 Å². The van der Waals surface area contributed by atoms with Crippen molar-refractivity contribution in [3.63, 3.8) is 0 Å². The summed E-state index contributed by atoms with van der Waals surface area (Å²) in [5.74, 6) is 0.978. The van der Waals surface area contributed by atoms with Crippen molar-refractivity contribution in [2.75, 3.05) is 40.4 Å². The molecule has 0 radical (unpaired) electrons. The van der Waals surface area contributed by atoms with Crippen LogP contribution in [0.15, 0.2) is 91.0 Å². The summed E-state index contributed by atoms with van der Waals surface area (Å²) >= 11 is 0. The molecule has 0 spiro atoms. The molecule has 1 aliphatic heterocycles. The van der Waals surface area contributed by atoms with E-state index in [0.717, 1.165) is 30.7 Å². The highest BCUT2D eigenvalue weighted by Gasteiger charge is 2.35. The van der Waals surface area contributed by atoms with Crippen molar-refractivity contribution in [3.05, 3.63) is 113 Å². The van der Waals surface area contributed by atoms with E-state index in [4.69, 9.17) is 18.9 Å². The summed E-state index contributed by atoms with van der Waals surface area (Å²) in [5.41, 5.74) is 4.21. The van der Waals surface area contributed by atoms with Gasteiger partial charge in [-0.15, -0.1) is 0 Å². The van der Waals surface area contributed by atoms with Crippen molar-refractivity contribution < 1.29 is 23.7 Å². The molecular weight excluding hydrogens is 588 g/mol. The normalized spacial score (nSPS) is 16.9. The molecule has 7 heteroatoms. The topological polar surface area (TPSA) is 60.5 Å². The third-order valence-electron chi connectivity index (χ3n) is 8.26. The first-order chi connectivity index (χ1) is 22.6. The maximum Gasteiger partial charge on any atom is 0.410 e. The maximum atomic E-state index is 13.0. The third kappa shape index (κ3) is 10.5. The number of piperidine rings is 1. The minimum Gasteiger partial charge on any atom is -0.494 e. The van der Waals surface area contributed by atoms with Crippen LogP contribution >= 0.6 is 0 Å². The Balaban J connectivity index is 1.21. The van der Waals surface area contributed by atoms with Gasteiger partial charge in [-0.1, -0.05) is 66.7 Å². The first kappa shape index (κ1) is 34.4. The number of hydrogen-bond acceptors (Lipinski definition) is 6. The summed E-state index contributed by atoms with van der Waals surface area (Å²) in [6.45, 7) is 10.0. The van der Waals surface area contributed by atoms with Crippen molar-refractivity contribution in [1.29, 1.82) is 0 Å². The Bertz CT molecular complexity index is 1570. The van der Waals surface area contributed by atoms with Gasteiger partial charge in [0.15, 0.2) is 0 Å². The van der Waals surface area contributed by atoms with Crippen LogP contribution in [0.2, 0.25) is 0 Å². The minimum absolute atomic E-state index is 0.140. The molecule has 1 fully saturated rings. The van der Waals surface area contributed by atoms with Crippen LogP contribution in [-0.2, 0) is 34.0 Å². The SMILES string of the molecule is CN(C)Cc1ccc2ccc(COC3CN(C(=O)OC(C)(C)C)CCC3c3ccc(OCCCOCc4ccccc4)cc3)cc2c1. The van der Waals surface area contributed by atoms with E-state index in [9.17, 15) is 4.79 Å². The number of ether oxygens (including phenoxy) is 4. The molecule has 2 atom stereocenters. The number of rotatable bonds is 13. The molecule has 7 nitrogen and oxygen atoms in total. The van der Waals surface area contributed by atoms with E-state index in [-0.39, 0.29) is 18.1 Å². The molecule has 5 rings (SSSR count). The highest BCUT2D eigenvalue weighted by atomic mass is 16.6. The summed E-state index contributed by atoms with van der Waals surface area (Å²) < 4.78 is 24.2. The smallest absolute Gasteiger partial charge is 0.410 e. The average Bonchev–Trinajstić information content (AvgIpc) is 3.05. The lowest BCUT2D eigenvalue weighted by Gasteiger charge is -2.39. The highest BCUT2D eigenvalue weighted by molar-refractivity contribution is 5.83. The van der Waals surface area contributed by atoms with Crippen molar-refractivity contribution in [3.8, 4) is 5.75 Å². The number of carbonyl (C=O) groups is 1. The Kier molecular flexibility index (Phi) is 11.9. The molecule has 4 aromatic rings. The second kappa shape index (κ2) is 16.3. The van der Waals surface area contributed by atoms with E-state index < -0.39 is 5.60 Å². The zero-order valence-electron chi connectivity index (χ0n) is 28.6. The van der Waals surface area contributed by atoms with Crippen LogP contribution in [0.3, 0.4) is 0 Å². The molecule has 1 aliphatic rings. The number of likely N-dealkylation sites (tertiary alicyclic amines) is 1. The van der Waals surface area contributed by atoms with Gasteiger partial charge in [0.2, 0.25) is 0 Å². The molecule has 250 valence electrons. The highest BCUT2D eigenvalue weighted by Crippen LogP contribution is 2.33. The molecule has 4 aromatic carbocycles. The minimum atomic E-state index is -0.551. The fourth-order valence-corrected chi connectivity index (χ4v) is 5.99. The van der Waals surface area contributed by atoms with Crippen molar-refractivity contribution >= 4 is 16.9 Å². The van der Waals surface area contributed by atoms with Crippen LogP contribution in [0, 0.1) is 0 Å². The van der Waals surface area contributed by atoms with Gasteiger partial charge in [-0.05, 0) is 98.6 Å². The first-order valence-corrected chi connectivity index (χ1v) is 16.7. The number of fused-ring (bicyclic) bond motifs is 1. The molecule has 0 bridgehead atoms. The number of carbonyl (C=O) groups excluding carboxylic acids is 1. The summed E-state index contributed by atoms with van der Waals surface area (Å²) in [6, 6.07) is 31.7. The first-order valence-electron chi connectivity index (χ1n) is 16.7. The quantitative estimate of drug-likeness (QED) is 0.138. The molecule has 1 amide bonds. The molecule has 2 unspecified atom stereocenters. The van der Waals surface area contributed by atoms with Gasteiger partial charge >= 0.3 is 6.09 Å². The lowest BCUT2D eigenvalue weighted by atomic mass is 9.87. The van der Waals surface area contributed by atoms with Crippen LogP contribution < -0.4 is 4.74 Å². The fraction of sp³-hybridized carbons (Fsp3) is 0.425. The lowest BCUT2D eigenvalue weighted by molar-refractivity contribution is -0.0359. The van der Waals surface area contributed by atoms with E-state index in [1.54, 1.807) is 4.90 Å². The van der Waals surface area contributed by atoms with Crippen LogP contribution in [-0.4, -0.2) is 68.0 Å². The summed E-state index contributed by atoms with van der Waals surface area (Å²) in [5, 5.41) is 2.42. The molecule has 0 aliphatic carbocycles. The summed E-state index contributed by atoms with van der Waals surface area (Å²) in [4.78, 5) is 17.0. The predicted molar refractivity (Wildman–Crippen MR) is 188 cm³/mol. The summed E-state index contributed by atoms with van der Waals surface area (Å²) in [6.07, 6.45) is 1.13. The van der Waals surface area contributed by atoms with E-state index >= 15 is 0 Å². The third-order valence-corrected chi connectivity index (χ3v) is 8.26. The average molecular weight is 639 g/mol. The Labute approximate surface area is 280 Å². The fourth-order valence-electron chi connectivity index (χ4n) is 5.99. The van der Waals surface area contributed by atoms with Gasteiger partial charge in [-0.25, -0.2) is 4.79 Å². The number of amides is 1. The Morgan fingerprint density at radius 3 is 2.28 bits per heavy atom. The van der Waals surface area contributed by atoms with Gasteiger partial charge in [-0.2, -0.15) is 0 Å². The zero-order chi connectivity index (χ0) is 33.2. The largest absolute Gasteiger partial charge is 0.494 e. The molecule has 0 aromatic heterocycles. The number of nitrogens with zero attached hydrogens (tertiary/aromatic N) is 2. The zero-order valence-corrected chi connectivity index (χ0v) is 28.6. The molecule has 0 N–H and O–H groups in total. The van der Waals surface area contributed by atoms with Crippen molar-refractivity contribution in [1.82, 2.24) is 9.80 Å². The van der Waals surface area contributed by atoms with Gasteiger partial charge in [0.25, 0.3) is 0 Å². The van der Waals surface area contributed by atoms with Gasteiger partial charge in [0.05, 0.1) is 39.1 Å². The number of benzene rings is 4. The van der Waals surface area contributed by atoms with E-state index in [1.807, 2.05) is 51.1 Å². The van der Waals surface area contributed by atoms with Crippen LogP contribution in [0.1, 0.15) is 61.8 Å². The Hall–Kier alpha value is -3.91. The van der Waals surface area contributed by atoms with E-state index in [2.05, 4.69) is 79.7 Å². The standard InChI is InChI=1S/C40H50N2O5/c1-40(2,3)47-39(43)42-21-20-37(34-16-18-36(19-17-34)45-23-9-22-44-28-30-10-7-6-8-11-30)38(27-42)46-29-32-13-15-33-14-12-31(26-41(4)5)24-35(33)25-32/h6-8,10-19,24-25,37-38H,9,20-23,26-29H2,1-5H3. The summed E-state index contributed by atoms with van der Waals surface area (Å²) in [7, 11) is 4.17. The molecule has 47 heavy (non-hydrogen) atoms. The molecule has 0 saturated carbocycles. The molecular formula is C40H50N2O5. The number of hydrogen-bond donors (Lipinski definition) is 0. The van der Waals surface area contributed by atoms with E-state index in [1.165, 1.54) is 27.5 Å². The molecule has 1 saturated heterocycles. The van der Waals surface area contributed by atoms with Crippen molar-refractivity contribution in [2.45, 2.75) is 71.0 Å². The van der Waals surface area contributed by atoms with Crippen LogP contribution in [0.4, 0.5) is 4.79 Å². The Morgan fingerprint density at radius 2 is 1.55 bits per heavy atom. The van der Waals surface area contributed by atoms with Gasteiger partial charge in [0.1, 0.15) is 11.4 Å². The van der Waals surface area contributed by atoms with Crippen LogP contribution in [0.25, 0.3) is 10.8 Å². The van der Waals surface area contributed by atoms with E-state index in [0.29, 0.717) is 39.5 Å². The molecule has 1 heterocycles. The second-order valence-corrected chi connectivity index (χ2v) is 13.7. The van der Waals surface area contributed by atoms with Crippen LogP contribution in [0.5, 0.6) is 5.75 Å². The maximum absolute atomic E-state index is 13.0. The second-order valence-electron chi connectivity index (χ2n) is 13.7. The lowest BCUT2D eigenvalue weighted by Crippen LogP contribution is -2.48.